The van der Waals surface area contributed by atoms with Crippen LogP contribution in [0.4, 0.5) is 0 Å². The predicted octanol–water partition coefficient (Wildman–Crippen LogP) is 15.1. The van der Waals surface area contributed by atoms with Crippen LogP contribution in [-0.4, -0.2) is 9.97 Å². The van der Waals surface area contributed by atoms with Gasteiger partial charge in [0.2, 0.25) is 0 Å². The van der Waals surface area contributed by atoms with E-state index in [1.54, 1.807) is 0 Å². The maximum atomic E-state index is 6.10. The molecular formula is C59H38N2O. The van der Waals surface area contributed by atoms with Crippen LogP contribution in [0.5, 0.6) is 0 Å². The lowest BCUT2D eigenvalue weighted by Crippen LogP contribution is -2.28. The Hall–Kier alpha value is -8.14. The van der Waals surface area contributed by atoms with Gasteiger partial charge in [-0.05, 0) is 86.0 Å². The van der Waals surface area contributed by atoms with Crippen LogP contribution >= 0.6 is 0 Å². The fourth-order valence-corrected chi connectivity index (χ4v) is 9.77. The van der Waals surface area contributed by atoms with Crippen molar-refractivity contribution >= 4 is 21.9 Å². The van der Waals surface area contributed by atoms with Gasteiger partial charge in [0.1, 0.15) is 11.2 Å². The second-order valence-electron chi connectivity index (χ2n) is 16.1. The number of fused-ring (bicyclic) bond motifs is 6. The summed E-state index contributed by atoms with van der Waals surface area (Å²) in [6, 6.07) is 82.2. The monoisotopic (exact) mass is 790 g/mol. The summed E-state index contributed by atoms with van der Waals surface area (Å²) in [5, 5.41) is 2.26. The Bertz CT molecular complexity index is 3400. The van der Waals surface area contributed by atoms with Gasteiger partial charge >= 0.3 is 0 Å². The fourth-order valence-electron chi connectivity index (χ4n) is 9.77. The number of benzene rings is 9. The van der Waals surface area contributed by atoms with Gasteiger partial charge in [-0.3, -0.25) is 0 Å². The summed E-state index contributed by atoms with van der Waals surface area (Å²) in [6.07, 6.45) is 0. The van der Waals surface area contributed by atoms with Crippen molar-refractivity contribution in [3.8, 4) is 67.3 Å². The van der Waals surface area contributed by atoms with E-state index < -0.39 is 5.41 Å². The largest absolute Gasteiger partial charge is 0.456 e. The highest BCUT2D eigenvalue weighted by Gasteiger charge is 2.46. The van der Waals surface area contributed by atoms with E-state index in [1.165, 1.54) is 33.4 Å². The standard InChI is InChI=1S/C59H38N2O/c1-4-16-41(17-5-1)58-60-53(44-19-14-18-42(36-44)39-30-32-40(33-31-39)43-34-35-56-50(37-43)47-24-11-13-29-55(47)62-56)38-54(61-58)49-26-15-28-52-57(49)48-25-10-12-27-51(48)59(52,45-20-6-2-7-21-45)46-22-8-3-9-23-46/h1-38H. The van der Waals surface area contributed by atoms with Crippen LogP contribution in [0.1, 0.15) is 22.3 Å². The van der Waals surface area contributed by atoms with Gasteiger partial charge in [0.15, 0.2) is 5.82 Å². The highest BCUT2D eigenvalue weighted by molar-refractivity contribution is 6.06. The molecule has 9 aromatic carbocycles. The van der Waals surface area contributed by atoms with Crippen molar-refractivity contribution in [2.75, 3.05) is 0 Å². The molecule has 290 valence electrons. The first-order valence-electron chi connectivity index (χ1n) is 21.1. The summed E-state index contributed by atoms with van der Waals surface area (Å²) in [6.45, 7) is 0. The lowest BCUT2D eigenvalue weighted by molar-refractivity contribution is 0.669. The minimum atomic E-state index is -0.507. The Morgan fingerprint density at radius 3 is 1.61 bits per heavy atom. The topological polar surface area (TPSA) is 38.9 Å². The summed E-state index contributed by atoms with van der Waals surface area (Å²) in [5.41, 5.74) is 18.1. The number of nitrogens with zero attached hydrogens (tertiary/aromatic N) is 2. The third kappa shape index (κ3) is 5.74. The summed E-state index contributed by atoms with van der Waals surface area (Å²) >= 11 is 0. The molecule has 0 N–H and O–H groups in total. The van der Waals surface area contributed by atoms with Crippen LogP contribution in [0.15, 0.2) is 235 Å². The molecule has 0 saturated heterocycles. The molecule has 3 heteroatoms. The maximum Gasteiger partial charge on any atom is 0.160 e. The number of rotatable bonds is 7. The molecule has 1 aliphatic carbocycles. The molecule has 2 aromatic heterocycles. The van der Waals surface area contributed by atoms with Gasteiger partial charge in [-0.1, -0.05) is 200 Å². The van der Waals surface area contributed by atoms with Gasteiger partial charge in [0.05, 0.1) is 16.8 Å². The van der Waals surface area contributed by atoms with Crippen LogP contribution in [0, 0.1) is 0 Å². The van der Waals surface area contributed by atoms with E-state index in [0.717, 1.165) is 72.3 Å². The first kappa shape index (κ1) is 35.8. The molecule has 11 aromatic rings. The molecule has 0 saturated carbocycles. The van der Waals surface area contributed by atoms with Crippen molar-refractivity contribution in [2.45, 2.75) is 5.41 Å². The third-order valence-corrected chi connectivity index (χ3v) is 12.6. The lowest BCUT2D eigenvalue weighted by Gasteiger charge is -2.33. The second kappa shape index (κ2) is 14.5. The molecule has 0 atom stereocenters. The van der Waals surface area contributed by atoms with E-state index in [0.29, 0.717) is 5.82 Å². The molecule has 2 heterocycles. The van der Waals surface area contributed by atoms with E-state index in [9.17, 15) is 0 Å². The minimum absolute atomic E-state index is 0.507. The first-order chi connectivity index (χ1) is 30.7. The Balaban J connectivity index is 0.986. The molecule has 3 nitrogen and oxygen atoms in total. The molecule has 0 unspecified atom stereocenters. The van der Waals surface area contributed by atoms with Crippen LogP contribution in [0.2, 0.25) is 0 Å². The molecule has 0 amide bonds. The van der Waals surface area contributed by atoms with Crippen molar-refractivity contribution < 1.29 is 4.42 Å². The minimum Gasteiger partial charge on any atom is -0.456 e. The molecule has 0 radical (unpaired) electrons. The molecule has 12 rings (SSSR count). The number of hydrogen-bond donors (Lipinski definition) is 0. The van der Waals surface area contributed by atoms with Crippen molar-refractivity contribution in [2.24, 2.45) is 0 Å². The zero-order valence-electron chi connectivity index (χ0n) is 33.7. The third-order valence-electron chi connectivity index (χ3n) is 12.6. The van der Waals surface area contributed by atoms with E-state index >= 15 is 0 Å². The summed E-state index contributed by atoms with van der Waals surface area (Å²) in [4.78, 5) is 10.7. The summed E-state index contributed by atoms with van der Waals surface area (Å²) in [7, 11) is 0. The van der Waals surface area contributed by atoms with Gasteiger partial charge < -0.3 is 4.42 Å². The van der Waals surface area contributed by atoms with E-state index in [-0.39, 0.29) is 0 Å². The van der Waals surface area contributed by atoms with Crippen LogP contribution in [0.25, 0.3) is 89.2 Å². The van der Waals surface area contributed by atoms with E-state index in [4.69, 9.17) is 14.4 Å². The molecule has 0 fully saturated rings. The highest BCUT2D eigenvalue weighted by Crippen LogP contribution is 2.58. The predicted molar refractivity (Wildman–Crippen MR) is 254 cm³/mol. The van der Waals surface area contributed by atoms with Gasteiger partial charge in [-0.25, -0.2) is 9.97 Å². The second-order valence-corrected chi connectivity index (χ2v) is 16.1. The Kier molecular flexibility index (Phi) is 8.39. The van der Waals surface area contributed by atoms with Gasteiger partial charge in [0.25, 0.3) is 0 Å². The van der Waals surface area contributed by atoms with Gasteiger partial charge in [0, 0.05) is 27.5 Å². The first-order valence-corrected chi connectivity index (χ1v) is 21.1. The summed E-state index contributed by atoms with van der Waals surface area (Å²) < 4.78 is 6.10. The van der Waals surface area contributed by atoms with Gasteiger partial charge in [-0.2, -0.15) is 0 Å². The highest BCUT2D eigenvalue weighted by atomic mass is 16.3. The van der Waals surface area contributed by atoms with Crippen LogP contribution in [0.3, 0.4) is 0 Å². The number of para-hydroxylation sites is 1. The Morgan fingerprint density at radius 2 is 0.855 bits per heavy atom. The summed E-state index contributed by atoms with van der Waals surface area (Å²) in [5.74, 6) is 0.691. The average molecular weight is 791 g/mol. The molecular weight excluding hydrogens is 753 g/mol. The van der Waals surface area contributed by atoms with Crippen molar-refractivity contribution in [3.05, 3.63) is 253 Å². The van der Waals surface area contributed by atoms with Crippen molar-refractivity contribution in [3.63, 3.8) is 0 Å². The maximum absolute atomic E-state index is 6.10. The van der Waals surface area contributed by atoms with Crippen LogP contribution < -0.4 is 0 Å². The molecule has 0 aliphatic heterocycles. The van der Waals surface area contributed by atoms with Crippen molar-refractivity contribution in [1.29, 1.82) is 0 Å². The molecule has 0 spiro atoms. The SMILES string of the molecule is c1ccc(-c2nc(-c3cccc(-c4ccc(-c5ccc6oc7ccccc7c6c5)cc4)c3)cc(-c3cccc4c3-c3ccccc3C4(c3ccccc3)c3ccccc3)n2)cc1. The van der Waals surface area contributed by atoms with Gasteiger partial charge in [-0.15, -0.1) is 0 Å². The molecule has 62 heavy (non-hydrogen) atoms. The zero-order chi connectivity index (χ0) is 41.0. The number of hydrogen-bond acceptors (Lipinski definition) is 3. The Labute approximate surface area is 360 Å². The van der Waals surface area contributed by atoms with E-state index in [1.807, 2.05) is 18.2 Å². The molecule has 0 bridgehead atoms. The zero-order valence-corrected chi connectivity index (χ0v) is 33.7. The lowest BCUT2D eigenvalue weighted by atomic mass is 9.67. The Morgan fingerprint density at radius 1 is 0.323 bits per heavy atom. The quantitative estimate of drug-likeness (QED) is 0.161. The smallest absolute Gasteiger partial charge is 0.160 e. The van der Waals surface area contributed by atoms with E-state index in [2.05, 4.69) is 212 Å². The average Bonchev–Trinajstić information content (AvgIpc) is 3.88. The van der Waals surface area contributed by atoms with Crippen molar-refractivity contribution in [1.82, 2.24) is 9.97 Å². The molecule has 1 aliphatic rings. The van der Waals surface area contributed by atoms with Crippen LogP contribution in [-0.2, 0) is 5.41 Å². The fraction of sp³-hybridized carbons (Fsp3) is 0.0169. The number of furan rings is 1. The number of aromatic nitrogens is 2. The normalized spacial score (nSPS) is 12.6.